The summed E-state index contributed by atoms with van der Waals surface area (Å²) in [5.74, 6) is -1.28. The molecule has 0 spiro atoms. The van der Waals surface area contributed by atoms with Gasteiger partial charge in [-0.2, -0.15) is 0 Å². The number of nitrogens with one attached hydrogen (secondary N) is 1. The van der Waals surface area contributed by atoms with Crippen LogP contribution in [0.3, 0.4) is 0 Å². The van der Waals surface area contributed by atoms with Crippen LogP contribution in [-0.2, 0) is 14.3 Å². The molecule has 5 nitrogen and oxygen atoms in total. The van der Waals surface area contributed by atoms with E-state index in [2.05, 4.69) is 10.3 Å². The van der Waals surface area contributed by atoms with Gasteiger partial charge in [0.15, 0.2) is 10.8 Å². The predicted octanol–water partition coefficient (Wildman–Crippen LogP) is 3.40. The maximum Gasteiger partial charge on any atom is 0.352 e. The number of anilines is 1. The van der Waals surface area contributed by atoms with Crippen molar-refractivity contribution in [3.63, 3.8) is 0 Å². The lowest BCUT2D eigenvalue weighted by Crippen LogP contribution is -2.16. The van der Waals surface area contributed by atoms with Gasteiger partial charge in [0, 0.05) is 19.3 Å². The molecule has 1 N–H and O–H groups in total. The first-order chi connectivity index (χ1) is 9.38. The number of pyridine rings is 1. The Labute approximate surface area is 130 Å². The van der Waals surface area contributed by atoms with E-state index in [0.29, 0.717) is 0 Å². The number of aromatic nitrogens is 1. The lowest BCUT2D eigenvalue weighted by Gasteiger charge is -2.12. The summed E-state index contributed by atoms with van der Waals surface area (Å²) >= 11 is 17.7. The highest BCUT2D eigenvalue weighted by molar-refractivity contribution is 6.44. The second kappa shape index (κ2) is 7.47. The minimum atomic E-state index is -0.812. The van der Waals surface area contributed by atoms with E-state index in [1.54, 1.807) is 6.92 Å². The summed E-state index contributed by atoms with van der Waals surface area (Å²) < 4.78 is 4.73. The van der Waals surface area contributed by atoms with Crippen LogP contribution in [0.5, 0.6) is 0 Å². The number of hydrogen-bond donors (Lipinski definition) is 1. The molecule has 0 aliphatic rings. The maximum absolute atomic E-state index is 11.6. The summed E-state index contributed by atoms with van der Waals surface area (Å²) in [4.78, 5) is 26.9. The Kier molecular flexibility index (Phi) is 6.26. The zero-order valence-corrected chi connectivity index (χ0v) is 12.9. The smallest absolute Gasteiger partial charge is 0.352 e. The zero-order chi connectivity index (χ0) is 15.3. The monoisotopic (exact) mass is 336 g/mol. The van der Waals surface area contributed by atoms with Crippen molar-refractivity contribution in [1.29, 1.82) is 0 Å². The van der Waals surface area contributed by atoms with Crippen LogP contribution in [-0.4, -0.2) is 23.3 Å². The number of ether oxygens (including phenoxy) is 1. The number of carbonyl (C=O) groups is 2. The second-order valence-corrected chi connectivity index (χ2v) is 4.76. The van der Waals surface area contributed by atoms with Gasteiger partial charge in [0.25, 0.3) is 0 Å². The van der Waals surface area contributed by atoms with Gasteiger partial charge in [-0.3, -0.25) is 9.78 Å². The predicted molar refractivity (Wildman–Crippen MR) is 78.1 cm³/mol. The molecule has 1 aromatic heterocycles. The topological polar surface area (TPSA) is 68.3 Å². The summed E-state index contributed by atoms with van der Waals surface area (Å²) in [6.45, 7) is 3.00. The molecule has 108 valence electrons. The third-order valence-electron chi connectivity index (χ3n) is 2.13. The summed E-state index contributed by atoms with van der Waals surface area (Å²) in [6, 6.07) is 0. The fraction of sp³-hybridized carbons (Fsp3) is 0.250. The minimum absolute atomic E-state index is 0.136. The van der Waals surface area contributed by atoms with E-state index in [1.165, 1.54) is 19.3 Å². The van der Waals surface area contributed by atoms with Crippen LogP contribution >= 0.6 is 34.8 Å². The van der Waals surface area contributed by atoms with Gasteiger partial charge >= 0.3 is 5.97 Å². The van der Waals surface area contributed by atoms with E-state index in [1.807, 2.05) is 0 Å². The number of hydrogen-bond acceptors (Lipinski definition) is 5. The van der Waals surface area contributed by atoms with Gasteiger partial charge < -0.3 is 10.1 Å². The first kappa shape index (κ1) is 16.8. The Hall–Kier alpha value is -1.30. The molecule has 0 atom stereocenters. The first-order valence-corrected chi connectivity index (χ1v) is 6.65. The number of halogens is 3. The van der Waals surface area contributed by atoms with Crippen LogP contribution in [0.2, 0.25) is 10.0 Å². The lowest BCUT2D eigenvalue weighted by molar-refractivity contribution is -0.138. The van der Waals surface area contributed by atoms with Gasteiger partial charge in [0.05, 0.1) is 22.3 Å². The van der Waals surface area contributed by atoms with Crippen molar-refractivity contribution in [2.45, 2.75) is 13.8 Å². The van der Waals surface area contributed by atoms with Crippen molar-refractivity contribution in [2.75, 3.05) is 11.9 Å². The zero-order valence-electron chi connectivity index (χ0n) is 10.7. The fourth-order valence-electron chi connectivity index (χ4n) is 1.25. The Morgan fingerprint density at radius 3 is 2.30 bits per heavy atom. The number of allylic oxidation sites excluding steroid dienone is 1. The molecule has 0 aliphatic heterocycles. The third-order valence-corrected chi connectivity index (χ3v) is 3.05. The first-order valence-electron chi connectivity index (χ1n) is 5.52. The SMILES string of the molecule is CCOC(=O)C(Cl)=C(Nc1c(Cl)cncc1Cl)C(C)=O. The van der Waals surface area contributed by atoms with E-state index in [9.17, 15) is 9.59 Å². The Morgan fingerprint density at radius 2 is 1.85 bits per heavy atom. The summed E-state index contributed by atoms with van der Waals surface area (Å²) in [5.41, 5.74) is 0.0797. The lowest BCUT2D eigenvalue weighted by atomic mass is 10.2. The van der Waals surface area contributed by atoms with Crippen molar-refractivity contribution in [3.8, 4) is 0 Å². The quantitative estimate of drug-likeness (QED) is 0.659. The van der Waals surface area contributed by atoms with E-state index in [-0.39, 0.29) is 33.1 Å². The van der Waals surface area contributed by atoms with Crippen molar-refractivity contribution < 1.29 is 14.3 Å². The van der Waals surface area contributed by atoms with Crippen LogP contribution in [0, 0.1) is 0 Å². The van der Waals surface area contributed by atoms with E-state index in [4.69, 9.17) is 39.5 Å². The number of nitrogens with zero attached hydrogens (tertiary/aromatic N) is 1. The highest BCUT2D eigenvalue weighted by Gasteiger charge is 2.20. The van der Waals surface area contributed by atoms with Crippen LogP contribution in [0.1, 0.15) is 13.8 Å². The molecule has 0 fully saturated rings. The fourth-order valence-corrected chi connectivity index (χ4v) is 1.94. The number of ketones is 1. The van der Waals surface area contributed by atoms with E-state index in [0.717, 1.165) is 0 Å². The van der Waals surface area contributed by atoms with Crippen LogP contribution < -0.4 is 5.32 Å². The molecule has 8 heteroatoms. The van der Waals surface area contributed by atoms with Crippen molar-refractivity contribution >= 4 is 52.2 Å². The van der Waals surface area contributed by atoms with Gasteiger partial charge in [-0.1, -0.05) is 34.8 Å². The van der Waals surface area contributed by atoms with E-state index < -0.39 is 11.8 Å². The average Bonchev–Trinajstić information content (AvgIpc) is 2.37. The molecule has 0 aromatic carbocycles. The average molecular weight is 338 g/mol. The molecule has 1 heterocycles. The Bertz CT molecular complexity index is 553. The molecule has 0 amide bonds. The van der Waals surface area contributed by atoms with Gasteiger partial charge in [-0.05, 0) is 6.92 Å². The third kappa shape index (κ3) is 4.10. The Balaban J connectivity index is 3.20. The van der Waals surface area contributed by atoms with Crippen LogP contribution in [0.4, 0.5) is 5.69 Å². The van der Waals surface area contributed by atoms with E-state index >= 15 is 0 Å². The van der Waals surface area contributed by atoms with Crippen LogP contribution in [0.15, 0.2) is 23.1 Å². The van der Waals surface area contributed by atoms with Gasteiger partial charge in [0.2, 0.25) is 0 Å². The van der Waals surface area contributed by atoms with Crippen molar-refractivity contribution in [2.24, 2.45) is 0 Å². The molecule has 20 heavy (non-hydrogen) atoms. The minimum Gasteiger partial charge on any atom is -0.462 e. The highest BCUT2D eigenvalue weighted by atomic mass is 35.5. The number of Topliss-reactive ketones (excluding diaryl/α,β-unsaturated/α-hetero) is 1. The number of esters is 1. The second-order valence-electron chi connectivity index (χ2n) is 3.57. The summed E-state index contributed by atoms with van der Waals surface area (Å²) in [7, 11) is 0. The number of carbonyl (C=O) groups excluding carboxylic acids is 2. The van der Waals surface area contributed by atoms with Gasteiger partial charge in [0.1, 0.15) is 5.70 Å². The van der Waals surface area contributed by atoms with Crippen molar-refractivity contribution in [1.82, 2.24) is 4.98 Å². The molecule has 0 radical (unpaired) electrons. The highest BCUT2D eigenvalue weighted by Crippen LogP contribution is 2.31. The standard InChI is InChI=1S/C12H11Cl3N2O3/c1-3-20-12(19)9(15)10(6(2)18)17-11-7(13)4-16-5-8(11)14/h4-5H,3H2,1-2H3,(H,16,17). The molecule has 0 unspecified atom stereocenters. The molecular weight excluding hydrogens is 327 g/mol. The molecule has 0 saturated heterocycles. The summed E-state index contributed by atoms with van der Waals surface area (Å²) in [6.07, 6.45) is 2.68. The molecule has 0 aliphatic carbocycles. The summed E-state index contributed by atoms with van der Waals surface area (Å²) in [5, 5.41) is 2.65. The number of rotatable bonds is 5. The molecule has 1 rings (SSSR count). The molecular formula is C12H11Cl3N2O3. The molecule has 0 bridgehead atoms. The molecule has 0 saturated carbocycles. The molecule has 1 aromatic rings. The van der Waals surface area contributed by atoms with Crippen LogP contribution in [0.25, 0.3) is 0 Å². The Morgan fingerprint density at radius 1 is 1.30 bits per heavy atom. The van der Waals surface area contributed by atoms with Crippen molar-refractivity contribution in [3.05, 3.63) is 33.2 Å². The van der Waals surface area contributed by atoms with Gasteiger partial charge in [-0.25, -0.2) is 4.79 Å². The normalized spacial score (nSPS) is 11.7. The maximum atomic E-state index is 11.6. The largest absolute Gasteiger partial charge is 0.462 e. The van der Waals surface area contributed by atoms with Gasteiger partial charge in [-0.15, -0.1) is 0 Å².